The molecule has 2 aliphatic heterocycles. The summed E-state index contributed by atoms with van der Waals surface area (Å²) in [5, 5.41) is 5.00. The van der Waals surface area contributed by atoms with Crippen LogP contribution in [0.1, 0.15) is 37.6 Å². The maximum absolute atomic E-state index is 12.5. The normalized spacial score (nSPS) is 16.2. The Bertz CT molecular complexity index is 1630. The van der Waals surface area contributed by atoms with Gasteiger partial charge in [-0.25, -0.2) is 9.78 Å². The summed E-state index contributed by atoms with van der Waals surface area (Å²) < 4.78 is 13.1. The van der Waals surface area contributed by atoms with Crippen molar-refractivity contribution in [2.24, 2.45) is 4.99 Å². The summed E-state index contributed by atoms with van der Waals surface area (Å²) in [5.41, 5.74) is 6.53. The summed E-state index contributed by atoms with van der Waals surface area (Å²) in [6, 6.07) is 20.9. The lowest BCUT2D eigenvalue weighted by Crippen LogP contribution is -2.50. The molecule has 44 heavy (non-hydrogen) atoms. The first-order valence-electron chi connectivity index (χ1n) is 15.3. The number of carbonyl (C=O) groups excluding carboxylic acids is 1. The van der Waals surface area contributed by atoms with Crippen molar-refractivity contribution in [1.29, 1.82) is 0 Å². The molecule has 2 fully saturated rings. The predicted molar refractivity (Wildman–Crippen MR) is 174 cm³/mol. The zero-order chi connectivity index (χ0) is 30.7. The molecule has 1 amide bonds. The lowest BCUT2D eigenvalue weighted by Gasteiger charge is -2.36. The minimum absolute atomic E-state index is 0.245. The van der Waals surface area contributed by atoms with Crippen LogP contribution in [0.5, 0.6) is 0 Å². The highest BCUT2D eigenvalue weighted by atomic mass is 16.6. The SMILES string of the molecule is Cc1cccc(C=NCc2cc(N3CCOCC3)n3nc(-c4ccc(N5CCN(C(=O)OC(C)(C)C)CC5)cc4)cc3n2)c1. The summed E-state index contributed by atoms with van der Waals surface area (Å²) in [6.07, 6.45) is 1.67. The number of carbonyl (C=O) groups is 1. The van der Waals surface area contributed by atoms with Crippen LogP contribution < -0.4 is 9.80 Å². The molecule has 2 aliphatic rings. The number of rotatable bonds is 6. The van der Waals surface area contributed by atoms with Crippen molar-refractivity contribution < 1.29 is 14.3 Å². The van der Waals surface area contributed by atoms with Gasteiger partial charge in [-0.1, -0.05) is 42.0 Å². The number of benzene rings is 2. The van der Waals surface area contributed by atoms with E-state index in [2.05, 4.69) is 65.3 Å². The fraction of sp³-hybridized carbons (Fsp3) is 0.412. The van der Waals surface area contributed by atoms with Gasteiger partial charge in [-0.2, -0.15) is 9.61 Å². The van der Waals surface area contributed by atoms with Crippen LogP contribution in [-0.4, -0.2) is 89.9 Å². The highest BCUT2D eigenvalue weighted by Gasteiger charge is 2.26. The van der Waals surface area contributed by atoms with E-state index in [0.717, 1.165) is 65.8 Å². The number of hydrogen-bond donors (Lipinski definition) is 0. The number of anilines is 2. The molecule has 0 N–H and O–H groups in total. The second-order valence-electron chi connectivity index (χ2n) is 12.4. The minimum Gasteiger partial charge on any atom is -0.444 e. The van der Waals surface area contributed by atoms with Crippen molar-refractivity contribution in [3.8, 4) is 11.3 Å². The molecule has 2 aromatic carbocycles. The first kappa shape index (κ1) is 29.6. The Morgan fingerprint density at radius 3 is 2.41 bits per heavy atom. The summed E-state index contributed by atoms with van der Waals surface area (Å²) in [4.78, 5) is 28.5. The Hall–Kier alpha value is -4.44. The highest BCUT2D eigenvalue weighted by Crippen LogP contribution is 2.27. The second kappa shape index (κ2) is 12.7. The predicted octanol–water partition coefficient (Wildman–Crippen LogP) is 5.22. The molecule has 0 saturated carbocycles. The van der Waals surface area contributed by atoms with E-state index in [1.807, 2.05) is 43.6 Å². The molecule has 10 heteroatoms. The molecule has 2 saturated heterocycles. The third-order valence-electron chi connectivity index (χ3n) is 7.79. The average molecular weight is 596 g/mol. The molecule has 0 aliphatic carbocycles. The number of aliphatic imine (C=N–C) groups is 1. The topological polar surface area (TPSA) is 87.8 Å². The molecule has 10 nitrogen and oxygen atoms in total. The Morgan fingerprint density at radius 1 is 0.955 bits per heavy atom. The van der Waals surface area contributed by atoms with Crippen LogP contribution in [0, 0.1) is 6.92 Å². The Labute approximate surface area is 258 Å². The van der Waals surface area contributed by atoms with E-state index in [1.54, 1.807) is 4.90 Å². The maximum atomic E-state index is 12.5. The van der Waals surface area contributed by atoms with Crippen molar-refractivity contribution in [1.82, 2.24) is 19.5 Å². The number of aromatic nitrogens is 3. The largest absolute Gasteiger partial charge is 0.444 e. The molecule has 2 aromatic heterocycles. The number of fused-ring (bicyclic) bond motifs is 1. The van der Waals surface area contributed by atoms with Gasteiger partial charge in [0.05, 0.1) is 31.1 Å². The molecule has 4 heterocycles. The van der Waals surface area contributed by atoms with E-state index in [0.29, 0.717) is 32.8 Å². The van der Waals surface area contributed by atoms with Crippen molar-refractivity contribution in [2.45, 2.75) is 39.8 Å². The molecular formula is C34H41N7O3. The fourth-order valence-electron chi connectivity index (χ4n) is 5.56. The van der Waals surface area contributed by atoms with Crippen LogP contribution in [0.4, 0.5) is 16.3 Å². The van der Waals surface area contributed by atoms with E-state index in [-0.39, 0.29) is 6.09 Å². The summed E-state index contributed by atoms with van der Waals surface area (Å²) in [7, 11) is 0. The standard InChI is InChI=1S/C34H41N7O3/c1-25-6-5-7-26(20-25)23-35-24-28-21-32(39-16-18-43-19-17-39)41-31(36-28)22-30(37-41)27-8-10-29(11-9-27)38-12-14-40(15-13-38)33(42)44-34(2,3)4/h5-11,20-23H,12-19,24H2,1-4H3. The van der Waals surface area contributed by atoms with E-state index < -0.39 is 5.60 Å². The van der Waals surface area contributed by atoms with Crippen LogP contribution in [0.3, 0.4) is 0 Å². The lowest BCUT2D eigenvalue weighted by atomic mass is 10.1. The van der Waals surface area contributed by atoms with Gasteiger partial charge >= 0.3 is 6.09 Å². The van der Waals surface area contributed by atoms with Gasteiger partial charge in [-0.05, 0) is 45.4 Å². The van der Waals surface area contributed by atoms with Gasteiger partial charge in [0.2, 0.25) is 0 Å². The molecular weight excluding hydrogens is 554 g/mol. The fourth-order valence-corrected chi connectivity index (χ4v) is 5.56. The van der Waals surface area contributed by atoms with Gasteiger partial charge in [0.15, 0.2) is 5.65 Å². The number of ether oxygens (including phenoxy) is 2. The molecule has 0 atom stereocenters. The van der Waals surface area contributed by atoms with E-state index >= 15 is 0 Å². The number of aryl methyl sites for hydroxylation is 1. The molecule has 0 radical (unpaired) electrons. The van der Waals surface area contributed by atoms with Crippen molar-refractivity contribution in [2.75, 3.05) is 62.3 Å². The van der Waals surface area contributed by atoms with E-state index in [9.17, 15) is 4.79 Å². The Morgan fingerprint density at radius 2 is 1.70 bits per heavy atom. The smallest absolute Gasteiger partial charge is 0.410 e. The van der Waals surface area contributed by atoms with E-state index in [4.69, 9.17) is 24.5 Å². The molecule has 6 rings (SSSR count). The Balaban J connectivity index is 1.19. The van der Waals surface area contributed by atoms with Crippen LogP contribution in [-0.2, 0) is 16.0 Å². The number of nitrogens with zero attached hydrogens (tertiary/aromatic N) is 7. The Kier molecular flexibility index (Phi) is 8.52. The zero-order valence-electron chi connectivity index (χ0n) is 26.1. The molecule has 230 valence electrons. The van der Waals surface area contributed by atoms with E-state index in [1.165, 1.54) is 5.56 Å². The highest BCUT2D eigenvalue weighted by molar-refractivity contribution is 5.79. The summed E-state index contributed by atoms with van der Waals surface area (Å²) >= 11 is 0. The zero-order valence-corrected chi connectivity index (χ0v) is 26.1. The third-order valence-corrected chi connectivity index (χ3v) is 7.79. The quantitative estimate of drug-likeness (QED) is 0.283. The number of hydrogen-bond acceptors (Lipinski definition) is 8. The van der Waals surface area contributed by atoms with Crippen molar-refractivity contribution in [3.63, 3.8) is 0 Å². The van der Waals surface area contributed by atoms with Gasteiger partial charge in [0, 0.05) is 68.9 Å². The molecule has 0 spiro atoms. The van der Waals surface area contributed by atoms with Gasteiger partial charge in [-0.3, -0.25) is 4.99 Å². The monoisotopic (exact) mass is 595 g/mol. The third kappa shape index (κ3) is 7.02. The van der Waals surface area contributed by atoms with Crippen molar-refractivity contribution >= 4 is 29.5 Å². The number of morpholine rings is 1. The summed E-state index contributed by atoms with van der Waals surface area (Å²) in [6.45, 7) is 14.0. The van der Waals surface area contributed by atoms with Gasteiger partial charge in [-0.15, -0.1) is 0 Å². The van der Waals surface area contributed by atoms with Crippen LogP contribution in [0.15, 0.2) is 65.7 Å². The van der Waals surface area contributed by atoms with Crippen LogP contribution >= 0.6 is 0 Å². The molecule has 0 unspecified atom stereocenters. The van der Waals surface area contributed by atoms with Crippen LogP contribution in [0.25, 0.3) is 16.9 Å². The number of piperazine rings is 1. The molecule has 4 aromatic rings. The second-order valence-corrected chi connectivity index (χ2v) is 12.4. The first-order chi connectivity index (χ1) is 21.2. The number of amides is 1. The maximum Gasteiger partial charge on any atom is 0.410 e. The molecule has 0 bridgehead atoms. The summed E-state index contributed by atoms with van der Waals surface area (Å²) in [5.74, 6) is 1.00. The average Bonchev–Trinajstić information content (AvgIpc) is 3.45. The first-order valence-corrected chi connectivity index (χ1v) is 15.3. The minimum atomic E-state index is -0.489. The van der Waals surface area contributed by atoms with Gasteiger partial charge in [0.25, 0.3) is 0 Å². The van der Waals surface area contributed by atoms with Gasteiger partial charge in [0.1, 0.15) is 11.4 Å². The van der Waals surface area contributed by atoms with Crippen molar-refractivity contribution in [3.05, 3.63) is 77.5 Å². The lowest BCUT2D eigenvalue weighted by molar-refractivity contribution is 0.0240. The van der Waals surface area contributed by atoms with Crippen LogP contribution in [0.2, 0.25) is 0 Å². The van der Waals surface area contributed by atoms with Gasteiger partial charge < -0.3 is 24.2 Å².